The maximum atomic E-state index is 13.5. The number of amides is 1. The van der Waals surface area contributed by atoms with E-state index in [2.05, 4.69) is 10.1 Å². The highest BCUT2D eigenvalue weighted by molar-refractivity contribution is 8.77. The van der Waals surface area contributed by atoms with E-state index in [1.54, 1.807) is 0 Å². The lowest BCUT2D eigenvalue weighted by Gasteiger charge is -2.09. The predicted molar refractivity (Wildman–Crippen MR) is 183 cm³/mol. The van der Waals surface area contributed by atoms with Gasteiger partial charge in [0, 0.05) is 30.0 Å². The number of rotatable bonds is 33. The molecule has 1 aromatic carbocycles. The van der Waals surface area contributed by atoms with Gasteiger partial charge in [-0.2, -0.15) is 8.78 Å². The molecule has 0 saturated carbocycles. The smallest absolute Gasteiger partial charge is 0.313 e. The van der Waals surface area contributed by atoms with Crippen LogP contribution in [0.4, 0.5) is 17.6 Å². The standard InChI is InChI=1S/C33H51F4NO11S2/c34-27-25-28(35)32(37)33(31(27)36)49-30(40)5-8-41-10-12-43-14-16-45-18-20-47-22-23-48-21-19-46-17-15-44-13-11-42-9-7-38-29(39)4-2-1-3-26-6-24-50-51-26/h25-26H,1-24H2,(H,38,39)/t26-/m1/s1. The van der Waals surface area contributed by atoms with Gasteiger partial charge in [0.15, 0.2) is 11.6 Å². The van der Waals surface area contributed by atoms with Crippen molar-refractivity contribution >= 4 is 33.5 Å². The third kappa shape index (κ3) is 23.5. The number of unbranched alkanes of at least 4 members (excludes halogenated alkanes) is 1. The fraction of sp³-hybridized carbons (Fsp3) is 0.758. The van der Waals surface area contributed by atoms with Gasteiger partial charge in [-0.05, 0) is 19.3 Å². The van der Waals surface area contributed by atoms with E-state index < -0.39 is 41.4 Å². The quantitative estimate of drug-likeness (QED) is 0.0269. The summed E-state index contributed by atoms with van der Waals surface area (Å²) >= 11 is 0. The van der Waals surface area contributed by atoms with E-state index in [0.717, 1.165) is 18.1 Å². The van der Waals surface area contributed by atoms with Crippen LogP contribution in [0.3, 0.4) is 0 Å². The molecule has 1 atom stereocenters. The van der Waals surface area contributed by atoms with Crippen molar-refractivity contribution in [3.8, 4) is 5.75 Å². The molecule has 0 unspecified atom stereocenters. The summed E-state index contributed by atoms with van der Waals surface area (Å²) in [6.07, 6.45) is 4.72. The van der Waals surface area contributed by atoms with Gasteiger partial charge in [-0.1, -0.05) is 28.0 Å². The molecule has 18 heteroatoms. The number of carbonyl (C=O) groups is 2. The van der Waals surface area contributed by atoms with E-state index in [4.69, 9.17) is 37.9 Å². The van der Waals surface area contributed by atoms with Gasteiger partial charge < -0.3 is 47.9 Å². The lowest BCUT2D eigenvalue weighted by Crippen LogP contribution is -2.27. The first-order valence-electron chi connectivity index (χ1n) is 17.1. The van der Waals surface area contributed by atoms with E-state index in [0.29, 0.717) is 98.9 Å². The molecule has 1 heterocycles. The number of hydrogen-bond acceptors (Lipinski definition) is 13. The number of ether oxygens (including phenoxy) is 9. The number of carbonyl (C=O) groups excluding carboxylic acids is 2. The van der Waals surface area contributed by atoms with Crippen molar-refractivity contribution in [2.45, 2.75) is 43.8 Å². The molecule has 0 aliphatic carbocycles. The van der Waals surface area contributed by atoms with E-state index >= 15 is 0 Å². The topological polar surface area (TPSA) is 129 Å². The minimum atomic E-state index is -1.79. The zero-order valence-corrected chi connectivity index (χ0v) is 30.6. The zero-order chi connectivity index (χ0) is 36.8. The molecular formula is C33H51F4NO11S2. The Balaban J connectivity index is 1.20. The van der Waals surface area contributed by atoms with E-state index in [-0.39, 0.29) is 31.8 Å². The minimum Gasteiger partial charge on any atom is -0.420 e. The van der Waals surface area contributed by atoms with Gasteiger partial charge in [-0.25, -0.2) is 8.78 Å². The molecule has 1 fully saturated rings. The Bertz CT molecular complexity index is 1050. The third-order valence-corrected chi connectivity index (χ3v) is 9.82. The molecule has 294 valence electrons. The lowest BCUT2D eigenvalue weighted by atomic mass is 10.1. The maximum Gasteiger partial charge on any atom is 0.313 e. The van der Waals surface area contributed by atoms with Crippen molar-refractivity contribution in [2.24, 2.45) is 0 Å². The second-order valence-corrected chi connectivity index (χ2v) is 13.6. The summed E-state index contributed by atoms with van der Waals surface area (Å²) < 4.78 is 101. The predicted octanol–water partition coefficient (Wildman–Crippen LogP) is 4.50. The molecule has 0 aromatic heterocycles. The van der Waals surface area contributed by atoms with E-state index in [9.17, 15) is 27.2 Å². The largest absolute Gasteiger partial charge is 0.420 e. The van der Waals surface area contributed by atoms with E-state index in [1.807, 2.05) is 21.6 Å². The molecule has 0 bridgehead atoms. The van der Waals surface area contributed by atoms with Crippen LogP contribution in [-0.4, -0.2) is 135 Å². The monoisotopic (exact) mass is 777 g/mol. The van der Waals surface area contributed by atoms with Crippen LogP contribution in [0.2, 0.25) is 0 Å². The molecule has 2 rings (SSSR count). The average Bonchev–Trinajstić information content (AvgIpc) is 3.64. The fourth-order valence-corrected chi connectivity index (χ4v) is 7.20. The zero-order valence-electron chi connectivity index (χ0n) is 28.9. The highest BCUT2D eigenvalue weighted by Crippen LogP contribution is 2.39. The molecular weight excluding hydrogens is 726 g/mol. The van der Waals surface area contributed by atoms with Gasteiger partial charge in [0.05, 0.1) is 112 Å². The molecule has 12 nitrogen and oxygen atoms in total. The molecule has 0 radical (unpaired) electrons. The summed E-state index contributed by atoms with van der Waals surface area (Å²) in [7, 11) is 3.94. The second-order valence-electron chi connectivity index (χ2n) is 10.8. The van der Waals surface area contributed by atoms with Crippen LogP contribution in [0.15, 0.2) is 6.07 Å². The summed E-state index contributed by atoms with van der Waals surface area (Å²) in [5.41, 5.74) is 0. The first-order valence-corrected chi connectivity index (χ1v) is 19.5. The first kappa shape index (κ1) is 45.4. The normalized spacial score (nSPS) is 14.3. The minimum absolute atomic E-state index is 0.0187. The van der Waals surface area contributed by atoms with Crippen molar-refractivity contribution in [1.29, 1.82) is 0 Å². The van der Waals surface area contributed by atoms with Crippen molar-refractivity contribution in [2.75, 3.05) is 118 Å². The van der Waals surface area contributed by atoms with Crippen LogP contribution in [0.1, 0.15) is 38.5 Å². The van der Waals surface area contributed by atoms with Crippen LogP contribution in [-0.2, 0) is 47.5 Å². The van der Waals surface area contributed by atoms with Crippen LogP contribution in [0.5, 0.6) is 5.75 Å². The number of nitrogens with one attached hydrogen (secondary N) is 1. The molecule has 1 aromatic rings. The summed E-state index contributed by atoms with van der Waals surface area (Å²) in [6, 6.07) is 0.0187. The summed E-state index contributed by atoms with van der Waals surface area (Å²) in [6.45, 7) is 6.11. The molecule has 1 aliphatic heterocycles. The van der Waals surface area contributed by atoms with Crippen molar-refractivity contribution in [3.05, 3.63) is 29.3 Å². The molecule has 51 heavy (non-hydrogen) atoms. The highest BCUT2D eigenvalue weighted by atomic mass is 33.1. The lowest BCUT2D eigenvalue weighted by molar-refractivity contribution is -0.136. The van der Waals surface area contributed by atoms with Gasteiger partial charge in [-0.3, -0.25) is 9.59 Å². The number of esters is 1. The summed E-state index contributed by atoms with van der Waals surface area (Å²) in [5.74, 6) is -8.15. The Morgan fingerprint density at radius 1 is 0.627 bits per heavy atom. The summed E-state index contributed by atoms with van der Waals surface area (Å²) in [4.78, 5) is 23.5. The van der Waals surface area contributed by atoms with Crippen LogP contribution >= 0.6 is 21.6 Å². The van der Waals surface area contributed by atoms with Gasteiger partial charge in [0.2, 0.25) is 23.3 Å². The van der Waals surface area contributed by atoms with Gasteiger partial charge in [0.25, 0.3) is 0 Å². The second kappa shape index (κ2) is 30.7. The van der Waals surface area contributed by atoms with Crippen LogP contribution in [0, 0.1) is 23.3 Å². The third-order valence-electron chi connectivity index (χ3n) is 6.82. The SMILES string of the molecule is O=C(CCCC[C@@H]1CCSS1)NCCOCCOCCOCCOCCOCCOCCOCCOCCC(=O)Oc1c(F)c(F)cc(F)c1F. The summed E-state index contributed by atoms with van der Waals surface area (Å²) in [5, 5.41) is 3.65. The van der Waals surface area contributed by atoms with E-state index in [1.165, 1.54) is 18.6 Å². The Morgan fingerprint density at radius 3 is 1.53 bits per heavy atom. The first-order chi connectivity index (χ1) is 24.9. The van der Waals surface area contributed by atoms with Crippen molar-refractivity contribution < 1.29 is 69.8 Å². The van der Waals surface area contributed by atoms with Gasteiger partial charge >= 0.3 is 5.97 Å². The van der Waals surface area contributed by atoms with Crippen molar-refractivity contribution in [1.82, 2.24) is 5.32 Å². The Hall–Kier alpha value is -1.74. The number of hydrogen-bond donors (Lipinski definition) is 1. The molecule has 0 spiro atoms. The molecule has 1 amide bonds. The Labute approximate surface area is 304 Å². The maximum absolute atomic E-state index is 13.5. The van der Waals surface area contributed by atoms with Gasteiger partial charge in [0.1, 0.15) is 0 Å². The molecule has 1 N–H and O–H groups in total. The van der Waals surface area contributed by atoms with Crippen LogP contribution in [0.25, 0.3) is 0 Å². The number of benzene rings is 1. The fourth-order valence-electron chi connectivity index (χ4n) is 4.18. The van der Waals surface area contributed by atoms with Crippen molar-refractivity contribution in [3.63, 3.8) is 0 Å². The van der Waals surface area contributed by atoms with Gasteiger partial charge in [-0.15, -0.1) is 0 Å². The molecule has 1 aliphatic rings. The highest BCUT2D eigenvalue weighted by Gasteiger charge is 2.23. The molecule has 1 saturated heterocycles. The Kier molecular flexibility index (Phi) is 27.3. The average molecular weight is 778 g/mol. The number of halogens is 4. The Morgan fingerprint density at radius 2 is 1.08 bits per heavy atom. The van der Waals surface area contributed by atoms with Crippen LogP contribution < -0.4 is 10.1 Å².